The summed E-state index contributed by atoms with van der Waals surface area (Å²) in [4.78, 5) is 4.04. The van der Waals surface area contributed by atoms with Gasteiger partial charge in [-0.15, -0.1) is 0 Å². The van der Waals surface area contributed by atoms with Crippen molar-refractivity contribution in [3.8, 4) is 0 Å². The van der Waals surface area contributed by atoms with Gasteiger partial charge in [-0.3, -0.25) is 4.99 Å². The minimum atomic E-state index is 0.674. The van der Waals surface area contributed by atoms with Gasteiger partial charge in [0.05, 0.1) is 0 Å². The minimum Gasteiger partial charge on any atom is -0.359 e. The van der Waals surface area contributed by atoms with Crippen molar-refractivity contribution >= 4 is 40.9 Å². The highest BCUT2D eigenvalue weighted by atomic mass is 35.5. The van der Waals surface area contributed by atoms with Crippen LogP contribution < -0.4 is 10.6 Å². The van der Waals surface area contributed by atoms with E-state index in [1.54, 1.807) is 13.1 Å². The molecule has 0 aromatic heterocycles. The zero-order valence-electron chi connectivity index (χ0n) is 10.5. The number of guanidine groups is 1. The van der Waals surface area contributed by atoms with Gasteiger partial charge in [0.1, 0.15) is 0 Å². The molecule has 1 rings (SSSR count). The normalized spacial score (nSPS) is 11.4. The van der Waals surface area contributed by atoms with Crippen LogP contribution in [0.4, 0.5) is 0 Å². The fourth-order valence-electron chi connectivity index (χ4n) is 1.34. The van der Waals surface area contributed by atoms with E-state index in [4.69, 9.17) is 23.2 Å². The van der Waals surface area contributed by atoms with Crippen molar-refractivity contribution < 1.29 is 0 Å². The molecule has 18 heavy (non-hydrogen) atoms. The molecule has 0 aliphatic rings. The van der Waals surface area contributed by atoms with Crippen LogP contribution in [0.3, 0.4) is 0 Å². The van der Waals surface area contributed by atoms with E-state index >= 15 is 0 Å². The molecule has 2 N–H and O–H groups in total. The number of halogens is 2. The molecule has 0 heterocycles. The lowest BCUT2D eigenvalue weighted by Crippen LogP contribution is -2.35. The largest absolute Gasteiger partial charge is 0.359 e. The first-order chi connectivity index (χ1) is 8.67. The average Bonchev–Trinajstić information content (AvgIpc) is 2.36. The Labute approximate surface area is 122 Å². The molecule has 0 amide bonds. The Hall–Kier alpha value is -0.580. The van der Waals surface area contributed by atoms with Crippen LogP contribution >= 0.6 is 35.0 Å². The first-order valence-electron chi connectivity index (χ1n) is 5.57. The van der Waals surface area contributed by atoms with E-state index in [2.05, 4.69) is 15.6 Å². The summed E-state index contributed by atoms with van der Waals surface area (Å²) < 4.78 is 0. The van der Waals surface area contributed by atoms with Crippen molar-refractivity contribution in [1.29, 1.82) is 0 Å². The Balaban J connectivity index is 2.26. The van der Waals surface area contributed by atoms with Gasteiger partial charge >= 0.3 is 0 Å². The first-order valence-corrected chi connectivity index (χ1v) is 7.48. The van der Waals surface area contributed by atoms with Crippen molar-refractivity contribution in [2.75, 3.05) is 26.4 Å². The van der Waals surface area contributed by atoms with Crippen molar-refractivity contribution in [3.63, 3.8) is 0 Å². The highest BCUT2D eigenvalue weighted by Crippen LogP contribution is 2.24. The van der Waals surface area contributed by atoms with E-state index in [9.17, 15) is 0 Å². The summed E-state index contributed by atoms with van der Waals surface area (Å²) >= 11 is 13.8. The summed E-state index contributed by atoms with van der Waals surface area (Å²) in [5.41, 5.74) is 1.11. The fourth-order valence-corrected chi connectivity index (χ4v) is 2.76. The summed E-state index contributed by atoms with van der Waals surface area (Å²) in [5.74, 6) is 2.68. The summed E-state index contributed by atoms with van der Waals surface area (Å²) in [6.07, 6.45) is 0. The van der Waals surface area contributed by atoms with Gasteiger partial charge in [-0.1, -0.05) is 29.3 Å². The third kappa shape index (κ3) is 5.38. The molecule has 3 nitrogen and oxygen atoms in total. The molecule has 0 spiro atoms. The maximum Gasteiger partial charge on any atom is 0.190 e. The smallest absolute Gasteiger partial charge is 0.190 e. The summed E-state index contributed by atoms with van der Waals surface area (Å²) in [6, 6.07) is 5.61. The quantitative estimate of drug-likeness (QED) is 0.499. The van der Waals surface area contributed by atoms with Gasteiger partial charge in [0.2, 0.25) is 0 Å². The molecule has 0 aliphatic carbocycles. The van der Waals surface area contributed by atoms with Crippen LogP contribution in [0.2, 0.25) is 10.0 Å². The van der Waals surface area contributed by atoms with Crippen molar-refractivity contribution in [2.24, 2.45) is 4.99 Å². The van der Waals surface area contributed by atoms with Crippen LogP contribution in [0.5, 0.6) is 0 Å². The Kier molecular flexibility index (Phi) is 7.32. The zero-order chi connectivity index (χ0) is 13.4. The number of aliphatic imine (C=N–C) groups is 1. The number of hydrogen-bond acceptors (Lipinski definition) is 2. The molecule has 0 saturated heterocycles. The van der Waals surface area contributed by atoms with Gasteiger partial charge < -0.3 is 10.6 Å². The van der Waals surface area contributed by atoms with Crippen LogP contribution in [0, 0.1) is 0 Å². The molecular formula is C12H17Cl2N3S. The van der Waals surface area contributed by atoms with E-state index in [-0.39, 0.29) is 0 Å². The van der Waals surface area contributed by atoms with Gasteiger partial charge in [-0.25, -0.2) is 0 Å². The van der Waals surface area contributed by atoms with Crippen molar-refractivity contribution in [2.45, 2.75) is 5.75 Å². The molecule has 0 bridgehead atoms. The minimum absolute atomic E-state index is 0.674. The molecule has 0 radical (unpaired) electrons. The Morgan fingerprint density at radius 1 is 1.39 bits per heavy atom. The van der Waals surface area contributed by atoms with E-state index < -0.39 is 0 Å². The Bertz CT molecular complexity index is 410. The summed E-state index contributed by atoms with van der Waals surface area (Å²) in [6.45, 7) is 0.864. The lowest BCUT2D eigenvalue weighted by molar-refractivity contribution is 0.912. The highest BCUT2D eigenvalue weighted by Gasteiger charge is 2.01. The lowest BCUT2D eigenvalue weighted by atomic mass is 10.2. The number of benzene rings is 1. The number of thioether (sulfide) groups is 1. The van der Waals surface area contributed by atoms with Crippen molar-refractivity contribution in [3.05, 3.63) is 33.8 Å². The van der Waals surface area contributed by atoms with Gasteiger partial charge in [0.25, 0.3) is 0 Å². The van der Waals surface area contributed by atoms with Gasteiger partial charge in [-0.05, 0) is 17.7 Å². The van der Waals surface area contributed by atoms with E-state index in [0.717, 1.165) is 34.6 Å². The number of hydrogen-bond donors (Lipinski definition) is 2. The maximum absolute atomic E-state index is 6.10. The second-order valence-electron chi connectivity index (χ2n) is 3.54. The standard InChI is InChI=1S/C12H17Cl2N3S/c1-15-12(16-2)17-5-6-18-8-9-3-4-10(13)7-11(9)14/h3-4,7H,5-6,8H2,1-2H3,(H2,15,16,17). The highest BCUT2D eigenvalue weighted by molar-refractivity contribution is 7.98. The number of nitrogens with one attached hydrogen (secondary N) is 2. The van der Waals surface area contributed by atoms with E-state index in [1.165, 1.54) is 0 Å². The monoisotopic (exact) mass is 305 g/mol. The SMILES string of the molecule is CN=C(NC)NCCSCc1ccc(Cl)cc1Cl. The predicted octanol–water partition coefficient (Wildman–Crippen LogP) is 3.02. The first kappa shape index (κ1) is 15.5. The zero-order valence-corrected chi connectivity index (χ0v) is 12.8. The Morgan fingerprint density at radius 2 is 2.17 bits per heavy atom. The number of nitrogens with zero attached hydrogens (tertiary/aromatic N) is 1. The van der Waals surface area contributed by atoms with Crippen LogP contribution in [-0.4, -0.2) is 32.4 Å². The molecule has 0 aliphatic heterocycles. The second-order valence-corrected chi connectivity index (χ2v) is 5.49. The van der Waals surface area contributed by atoms with Crippen LogP contribution in [0.1, 0.15) is 5.56 Å². The molecule has 0 unspecified atom stereocenters. The molecule has 1 aromatic carbocycles. The number of rotatable bonds is 5. The topological polar surface area (TPSA) is 36.4 Å². The molecule has 0 atom stereocenters. The fraction of sp³-hybridized carbons (Fsp3) is 0.417. The average molecular weight is 306 g/mol. The Morgan fingerprint density at radius 3 is 2.78 bits per heavy atom. The maximum atomic E-state index is 6.10. The molecule has 0 saturated carbocycles. The van der Waals surface area contributed by atoms with Gasteiger partial charge in [0.15, 0.2) is 5.96 Å². The predicted molar refractivity (Wildman–Crippen MR) is 83.0 cm³/mol. The molecular weight excluding hydrogens is 289 g/mol. The van der Waals surface area contributed by atoms with Crippen molar-refractivity contribution in [1.82, 2.24) is 10.6 Å². The van der Waals surface area contributed by atoms with E-state index in [0.29, 0.717) is 5.02 Å². The van der Waals surface area contributed by atoms with Crippen LogP contribution in [0.15, 0.2) is 23.2 Å². The molecule has 0 fully saturated rings. The second kappa shape index (κ2) is 8.51. The van der Waals surface area contributed by atoms with Gasteiger partial charge in [0, 0.05) is 42.2 Å². The molecule has 1 aromatic rings. The van der Waals surface area contributed by atoms with Crippen LogP contribution in [0.25, 0.3) is 0 Å². The molecule has 6 heteroatoms. The third-order valence-corrected chi connectivity index (χ3v) is 3.87. The summed E-state index contributed by atoms with van der Waals surface area (Å²) in [7, 11) is 3.59. The summed E-state index contributed by atoms with van der Waals surface area (Å²) in [5, 5.41) is 7.57. The van der Waals surface area contributed by atoms with Crippen LogP contribution in [-0.2, 0) is 5.75 Å². The third-order valence-electron chi connectivity index (χ3n) is 2.27. The lowest BCUT2D eigenvalue weighted by Gasteiger charge is -2.08. The van der Waals surface area contributed by atoms with Gasteiger partial charge in [-0.2, -0.15) is 11.8 Å². The van der Waals surface area contributed by atoms with E-state index in [1.807, 2.05) is 30.9 Å². The molecule has 100 valence electrons.